The molecule has 0 aliphatic carbocycles. The van der Waals surface area contributed by atoms with Gasteiger partial charge >= 0.3 is 6.16 Å². The average Bonchev–Trinajstić information content (AvgIpc) is 2.09. The SMILES string of the molecule is CCCCCOC(=O)OCCO. The molecule has 0 spiro atoms. The Morgan fingerprint density at radius 3 is 2.50 bits per heavy atom. The average molecular weight is 176 g/mol. The van der Waals surface area contributed by atoms with E-state index in [1.807, 2.05) is 0 Å². The van der Waals surface area contributed by atoms with Crippen molar-refractivity contribution >= 4 is 6.16 Å². The number of ether oxygens (including phenoxy) is 2. The first-order chi connectivity index (χ1) is 5.81. The van der Waals surface area contributed by atoms with Crippen LogP contribution < -0.4 is 0 Å². The number of aliphatic hydroxyl groups is 1. The normalized spacial score (nSPS) is 9.50. The quantitative estimate of drug-likeness (QED) is 0.490. The Balaban J connectivity index is 3.08. The number of rotatable bonds is 6. The van der Waals surface area contributed by atoms with Gasteiger partial charge in [0.1, 0.15) is 6.61 Å². The van der Waals surface area contributed by atoms with E-state index in [-0.39, 0.29) is 13.2 Å². The molecule has 72 valence electrons. The highest BCUT2D eigenvalue weighted by atomic mass is 16.7. The first-order valence-corrected chi connectivity index (χ1v) is 4.21. The molecule has 0 unspecified atom stereocenters. The maximum Gasteiger partial charge on any atom is 0.508 e. The van der Waals surface area contributed by atoms with Crippen molar-refractivity contribution in [3.8, 4) is 0 Å². The minimum absolute atomic E-state index is 0.00656. The fourth-order valence-corrected chi connectivity index (χ4v) is 0.678. The highest BCUT2D eigenvalue weighted by Gasteiger charge is 2.01. The third kappa shape index (κ3) is 7.34. The van der Waals surface area contributed by atoms with E-state index in [1.165, 1.54) is 0 Å². The molecule has 0 aromatic carbocycles. The predicted molar refractivity (Wildman–Crippen MR) is 43.9 cm³/mol. The van der Waals surface area contributed by atoms with Crippen LogP contribution in [0.3, 0.4) is 0 Å². The largest absolute Gasteiger partial charge is 0.508 e. The number of hydrogen-bond acceptors (Lipinski definition) is 4. The summed E-state index contributed by atoms with van der Waals surface area (Å²) in [6.45, 7) is 2.32. The van der Waals surface area contributed by atoms with E-state index < -0.39 is 6.16 Å². The molecule has 0 bridgehead atoms. The van der Waals surface area contributed by atoms with Crippen LogP contribution in [0.15, 0.2) is 0 Å². The van der Waals surface area contributed by atoms with Crippen molar-refractivity contribution in [2.45, 2.75) is 26.2 Å². The molecule has 1 N–H and O–H groups in total. The lowest BCUT2D eigenvalue weighted by atomic mass is 10.3. The van der Waals surface area contributed by atoms with Gasteiger partial charge in [0.15, 0.2) is 0 Å². The first-order valence-electron chi connectivity index (χ1n) is 4.21. The second-order valence-corrected chi connectivity index (χ2v) is 2.38. The lowest BCUT2D eigenvalue weighted by Crippen LogP contribution is -2.11. The summed E-state index contributed by atoms with van der Waals surface area (Å²) in [5.41, 5.74) is 0. The summed E-state index contributed by atoms with van der Waals surface area (Å²) >= 11 is 0. The molecule has 0 rings (SSSR count). The molecule has 0 amide bonds. The number of aliphatic hydroxyl groups excluding tert-OH is 1. The van der Waals surface area contributed by atoms with E-state index in [0.717, 1.165) is 19.3 Å². The molecule has 0 saturated carbocycles. The molecule has 0 aliphatic rings. The van der Waals surface area contributed by atoms with E-state index in [2.05, 4.69) is 16.4 Å². The van der Waals surface area contributed by atoms with Crippen LogP contribution in [0.25, 0.3) is 0 Å². The fraction of sp³-hybridized carbons (Fsp3) is 0.875. The lowest BCUT2D eigenvalue weighted by Gasteiger charge is -2.03. The van der Waals surface area contributed by atoms with Crippen LogP contribution in [0.2, 0.25) is 0 Å². The zero-order chi connectivity index (χ0) is 9.23. The number of carbonyl (C=O) groups is 1. The summed E-state index contributed by atoms with van der Waals surface area (Å²) in [6, 6.07) is 0. The Labute approximate surface area is 72.5 Å². The maximum atomic E-state index is 10.6. The predicted octanol–water partition coefficient (Wildman–Crippen LogP) is 1.32. The Morgan fingerprint density at radius 2 is 1.92 bits per heavy atom. The highest BCUT2D eigenvalue weighted by Crippen LogP contribution is 1.95. The van der Waals surface area contributed by atoms with Crippen LogP contribution in [0.5, 0.6) is 0 Å². The van der Waals surface area contributed by atoms with E-state index in [4.69, 9.17) is 5.11 Å². The Kier molecular flexibility index (Phi) is 7.79. The van der Waals surface area contributed by atoms with Gasteiger partial charge in [-0.1, -0.05) is 19.8 Å². The van der Waals surface area contributed by atoms with Gasteiger partial charge in [-0.15, -0.1) is 0 Å². The Morgan fingerprint density at radius 1 is 1.25 bits per heavy atom. The fourth-order valence-electron chi connectivity index (χ4n) is 0.678. The van der Waals surface area contributed by atoms with Gasteiger partial charge in [-0.2, -0.15) is 0 Å². The summed E-state index contributed by atoms with van der Waals surface area (Å²) in [7, 11) is 0. The molecular formula is C8H16O4. The molecule has 0 saturated heterocycles. The van der Waals surface area contributed by atoms with Gasteiger partial charge in [0, 0.05) is 0 Å². The molecular weight excluding hydrogens is 160 g/mol. The van der Waals surface area contributed by atoms with Crippen molar-refractivity contribution < 1.29 is 19.4 Å². The topological polar surface area (TPSA) is 55.8 Å². The van der Waals surface area contributed by atoms with Crippen molar-refractivity contribution in [1.29, 1.82) is 0 Å². The van der Waals surface area contributed by atoms with Crippen molar-refractivity contribution in [3.05, 3.63) is 0 Å². The summed E-state index contributed by atoms with van der Waals surface area (Å²) in [6.07, 6.45) is 2.31. The molecule has 0 fully saturated rings. The van der Waals surface area contributed by atoms with Gasteiger partial charge in [0.2, 0.25) is 0 Å². The molecule has 12 heavy (non-hydrogen) atoms. The zero-order valence-electron chi connectivity index (χ0n) is 7.41. The minimum atomic E-state index is -0.694. The lowest BCUT2D eigenvalue weighted by molar-refractivity contribution is 0.0426. The molecule has 0 atom stereocenters. The molecule has 4 heteroatoms. The van der Waals surface area contributed by atoms with Gasteiger partial charge in [-0.05, 0) is 6.42 Å². The highest BCUT2D eigenvalue weighted by molar-refractivity contribution is 5.59. The van der Waals surface area contributed by atoms with Gasteiger partial charge in [0.05, 0.1) is 13.2 Å². The van der Waals surface area contributed by atoms with Crippen LogP contribution in [0, 0.1) is 0 Å². The van der Waals surface area contributed by atoms with Crippen LogP contribution in [0.4, 0.5) is 4.79 Å². The van der Waals surface area contributed by atoms with Crippen LogP contribution >= 0.6 is 0 Å². The van der Waals surface area contributed by atoms with Gasteiger partial charge in [-0.25, -0.2) is 4.79 Å². The van der Waals surface area contributed by atoms with Crippen LogP contribution in [-0.4, -0.2) is 31.1 Å². The third-order valence-electron chi connectivity index (χ3n) is 1.28. The van der Waals surface area contributed by atoms with Crippen molar-refractivity contribution in [3.63, 3.8) is 0 Å². The van der Waals surface area contributed by atoms with Crippen LogP contribution in [-0.2, 0) is 9.47 Å². The summed E-state index contributed by atoms with van der Waals surface area (Å²) in [4.78, 5) is 10.6. The van der Waals surface area contributed by atoms with E-state index >= 15 is 0 Å². The molecule has 0 heterocycles. The number of unbranched alkanes of at least 4 members (excludes halogenated alkanes) is 2. The maximum absolute atomic E-state index is 10.6. The second-order valence-electron chi connectivity index (χ2n) is 2.38. The first kappa shape index (κ1) is 11.2. The molecule has 0 aliphatic heterocycles. The number of carbonyl (C=O) groups excluding carboxylic acids is 1. The molecule has 0 aromatic rings. The Bertz CT molecular complexity index is 114. The summed E-state index contributed by atoms with van der Waals surface area (Å²) in [5.74, 6) is 0. The monoisotopic (exact) mass is 176 g/mol. The van der Waals surface area contributed by atoms with E-state index in [1.54, 1.807) is 0 Å². The Hall–Kier alpha value is -0.770. The summed E-state index contributed by atoms with van der Waals surface area (Å²) in [5, 5.41) is 8.29. The zero-order valence-corrected chi connectivity index (χ0v) is 7.41. The second kappa shape index (κ2) is 8.33. The van der Waals surface area contributed by atoms with Crippen molar-refractivity contribution in [2.75, 3.05) is 19.8 Å². The summed E-state index contributed by atoms with van der Waals surface area (Å²) < 4.78 is 9.13. The van der Waals surface area contributed by atoms with E-state index in [0.29, 0.717) is 6.61 Å². The van der Waals surface area contributed by atoms with Gasteiger partial charge < -0.3 is 14.6 Å². The van der Waals surface area contributed by atoms with E-state index in [9.17, 15) is 4.79 Å². The number of hydrogen-bond donors (Lipinski definition) is 1. The minimum Gasteiger partial charge on any atom is -0.434 e. The molecule has 0 radical (unpaired) electrons. The smallest absolute Gasteiger partial charge is 0.434 e. The third-order valence-corrected chi connectivity index (χ3v) is 1.28. The standard InChI is InChI=1S/C8H16O4/c1-2-3-4-6-11-8(10)12-7-5-9/h9H,2-7H2,1H3. The molecule has 0 aromatic heterocycles. The van der Waals surface area contributed by atoms with Crippen molar-refractivity contribution in [2.24, 2.45) is 0 Å². The van der Waals surface area contributed by atoms with Gasteiger partial charge in [0.25, 0.3) is 0 Å². The van der Waals surface area contributed by atoms with Crippen molar-refractivity contribution in [1.82, 2.24) is 0 Å². The molecule has 4 nitrogen and oxygen atoms in total. The van der Waals surface area contributed by atoms with Crippen LogP contribution in [0.1, 0.15) is 26.2 Å². The van der Waals surface area contributed by atoms with Gasteiger partial charge in [-0.3, -0.25) is 0 Å².